The Morgan fingerprint density at radius 3 is 2.31 bits per heavy atom. The number of anilines is 1. The van der Waals surface area contributed by atoms with Crippen LogP contribution in [0.25, 0.3) is 11.4 Å². The molecule has 0 aliphatic heterocycles. The fourth-order valence-electron chi connectivity index (χ4n) is 2.74. The van der Waals surface area contributed by atoms with E-state index >= 15 is 0 Å². The van der Waals surface area contributed by atoms with Gasteiger partial charge in [-0.25, -0.2) is 0 Å². The van der Waals surface area contributed by atoms with Gasteiger partial charge in [0.05, 0.1) is 0 Å². The SMILES string of the molecule is CCN(CC)C(=O)c1ccc(NC(=O)Cn2nnc(-c3ccc(Cl)cc3)n2)cc1. The molecule has 0 aliphatic rings. The van der Waals surface area contributed by atoms with Crippen LogP contribution in [-0.4, -0.2) is 50.0 Å². The van der Waals surface area contributed by atoms with Gasteiger partial charge in [0.2, 0.25) is 11.7 Å². The molecule has 150 valence electrons. The van der Waals surface area contributed by atoms with Crippen LogP contribution in [0.2, 0.25) is 5.02 Å². The number of halogens is 1. The Morgan fingerprint density at radius 1 is 1.03 bits per heavy atom. The predicted octanol–water partition coefficient (Wildman–Crippen LogP) is 3.11. The van der Waals surface area contributed by atoms with E-state index < -0.39 is 0 Å². The first-order valence-corrected chi connectivity index (χ1v) is 9.61. The Bertz CT molecular complexity index is 981. The normalized spacial score (nSPS) is 10.6. The van der Waals surface area contributed by atoms with Crippen molar-refractivity contribution in [2.24, 2.45) is 0 Å². The lowest BCUT2D eigenvalue weighted by molar-refractivity contribution is -0.117. The van der Waals surface area contributed by atoms with Gasteiger partial charge >= 0.3 is 0 Å². The molecule has 2 aromatic carbocycles. The average Bonchev–Trinajstić information content (AvgIpc) is 3.18. The molecule has 0 bridgehead atoms. The molecule has 1 aromatic heterocycles. The minimum atomic E-state index is -0.298. The summed E-state index contributed by atoms with van der Waals surface area (Å²) in [5.74, 6) is 0.0797. The monoisotopic (exact) mass is 412 g/mol. The third-order valence-corrected chi connectivity index (χ3v) is 4.56. The summed E-state index contributed by atoms with van der Waals surface area (Å²) in [6.45, 7) is 5.09. The molecule has 9 heteroatoms. The summed E-state index contributed by atoms with van der Waals surface area (Å²) in [6, 6.07) is 13.8. The van der Waals surface area contributed by atoms with Gasteiger partial charge in [0.1, 0.15) is 6.54 Å². The third-order valence-electron chi connectivity index (χ3n) is 4.31. The molecule has 1 N–H and O–H groups in total. The van der Waals surface area contributed by atoms with Crippen molar-refractivity contribution >= 4 is 29.1 Å². The van der Waals surface area contributed by atoms with E-state index in [0.29, 0.717) is 35.2 Å². The lowest BCUT2D eigenvalue weighted by atomic mass is 10.1. The zero-order valence-electron chi connectivity index (χ0n) is 16.2. The van der Waals surface area contributed by atoms with Gasteiger partial charge in [0, 0.05) is 34.9 Å². The second-order valence-electron chi connectivity index (χ2n) is 6.25. The van der Waals surface area contributed by atoms with E-state index in [1.807, 2.05) is 13.8 Å². The number of tetrazole rings is 1. The third kappa shape index (κ3) is 5.17. The Balaban J connectivity index is 1.60. The maximum absolute atomic E-state index is 12.3. The van der Waals surface area contributed by atoms with E-state index in [1.165, 1.54) is 4.80 Å². The molecule has 2 amide bonds. The van der Waals surface area contributed by atoms with Crippen molar-refractivity contribution in [2.45, 2.75) is 20.4 Å². The van der Waals surface area contributed by atoms with Gasteiger partial charge in [-0.1, -0.05) is 11.6 Å². The van der Waals surface area contributed by atoms with Crippen molar-refractivity contribution in [1.82, 2.24) is 25.1 Å². The largest absolute Gasteiger partial charge is 0.339 e. The molecule has 0 atom stereocenters. The van der Waals surface area contributed by atoms with Crippen LogP contribution in [0.4, 0.5) is 5.69 Å². The number of benzene rings is 2. The number of hydrogen-bond acceptors (Lipinski definition) is 5. The highest BCUT2D eigenvalue weighted by Gasteiger charge is 2.13. The zero-order chi connectivity index (χ0) is 20.8. The summed E-state index contributed by atoms with van der Waals surface area (Å²) in [5.41, 5.74) is 1.93. The van der Waals surface area contributed by atoms with Gasteiger partial charge in [-0.15, -0.1) is 10.2 Å². The molecule has 8 nitrogen and oxygen atoms in total. The highest BCUT2D eigenvalue weighted by atomic mass is 35.5. The molecule has 1 heterocycles. The minimum Gasteiger partial charge on any atom is -0.339 e. The van der Waals surface area contributed by atoms with Crippen LogP contribution in [-0.2, 0) is 11.3 Å². The van der Waals surface area contributed by atoms with Gasteiger partial charge in [-0.05, 0) is 67.6 Å². The van der Waals surface area contributed by atoms with Crippen molar-refractivity contribution in [2.75, 3.05) is 18.4 Å². The molecule has 0 unspecified atom stereocenters. The van der Waals surface area contributed by atoms with Crippen molar-refractivity contribution in [1.29, 1.82) is 0 Å². The maximum atomic E-state index is 12.3. The second-order valence-corrected chi connectivity index (χ2v) is 6.69. The first-order valence-electron chi connectivity index (χ1n) is 9.23. The quantitative estimate of drug-likeness (QED) is 0.643. The number of nitrogens with zero attached hydrogens (tertiary/aromatic N) is 5. The molecule has 0 saturated carbocycles. The summed E-state index contributed by atoms with van der Waals surface area (Å²) < 4.78 is 0. The number of hydrogen-bond donors (Lipinski definition) is 1. The lowest BCUT2D eigenvalue weighted by Gasteiger charge is -2.18. The number of rotatable bonds is 7. The first-order chi connectivity index (χ1) is 14.0. The second kappa shape index (κ2) is 9.29. The predicted molar refractivity (Wildman–Crippen MR) is 111 cm³/mol. The Morgan fingerprint density at radius 2 is 1.69 bits per heavy atom. The molecule has 0 radical (unpaired) electrons. The summed E-state index contributed by atoms with van der Waals surface area (Å²) in [6.07, 6.45) is 0. The topological polar surface area (TPSA) is 93.0 Å². The van der Waals surface area contributed by atoms with Crippen LogP contribution in [0.5, 0.6) is 0 Å². The van der Waals surface area contributed by atoms with Crippen molar-refractivity contribution in [3.63, 3.8) is 0 Å². The van der Waals surface area contributed by atoms with E-state index in [2.05, 4.69) is 20.7 Å². The summed E-state index contributed by atoms with van der Waals surface area (Å²) in [4.78, 5) is 27.5. The fraction of sp³-hybridized carbons (Fsp3) is 0.250. The van der Waals surface area contributed by atoms with Crippen LogP contribution in [0, 0.1) is 0 Å². The number of carbonyl (C=O) groups is 2. The van der Waals surface area contributed by atoms with Crippen LogP contribution >= 0.6 is 11.6 Å². The number of aromatic nitrogens is 4. The van der Waals surface area contributed by atoms with Gasteiger partial charge in [0.15, 0.2) is 0 Å². The highest BCUT2D eigenvalue weighted by molar-refractivity contribution is 6.30. The summed E-state index contributed by atoms with van der Waals surface area (Å²) in [5, 5.41) is 15.4. The van der Waals surface area contributed by atoms with Crippen molar-refractivity contribution in [3.05, 3.63) is 59.1 Å². The molecule has 3 aromatic rings. The standard InChI is InChI=1S/C20H21ClN6O2/c1-3-26(4-2)20(29)15-7-11-17(12-8-15)22-18(28)13-27-24-19(23-25-27)14-5-9-16(21)10-6-14/h5-12H,3-4,13H2,1-2H3,(H,22,28). The van der Waals surface area contributed by atoms with Gasteiger partial charge in [0.25, 0.3) is 5.91 Å². The van der Waals surface area contributed by atoms with Crippen LogP contribution < -0.4 is 5.32 Å². The summed E-state index contributed by atoms with van der Waals surface area (Å²) >= 11 is 5.87. The van der Waals surface area contributed by atoms with Gasteiger partial charge in [-0.3, -0.25) is 9.59 Å². The van der Waals surface area contributed by atoms with Crippen molar-refractivity contribution in [3.8, 4) is 11.4 Å². The van der Waals surface area contributed by atoms with E-state index in [1.54, 1.807) is 53.4 Å². The molecule has 29 heavy (non-hydrogen) atoms. The van der Waals surface area contributed by atoms with Crippen LogP contribution in [0.3, 0.4) is 0 Å². The molecule has 0 aliphatic carbocycles. The molecule has 0 saturated heterocycles. The lowest BCUT2D eigenvalue weighted by Crippen LogP contribution is -2.30. The molecule has 0 fully saturated rings. The first kappa shape index (κ1) is 20.5. The molecular weight excluding hydrogens is 392 g/mol. The highest BCUT2D eigenvalue weighted by Crippen LogP contribution is 2.17. The van der Waals surface area contributed by atoms with E-state index in [0.717, 1.165) is 5.56 Å². The number of amides is 2. The minimum absolute atomic E-state index is 0.0329. The summed E-state index contributed by atoms with van der Waals surface area (Å²) in [7, 11) is 0. The Labute approximate surface area is 173 Å². The zero-order valence-corrected chi connectivity index (χ0v) is 16.9. The van der Waals surface area contributed by atoms with Crippen LogP contribution in [0.15, 0.2) is 48.5 Å². The molecule has 3 rings (SSSR count). The van der Waals surface area contributed by atoms with Crippen LogP contribution in [0.1, 0.15) is 24.2 Å². The fourth-order valence-corrected chi connectivity index (χ4v) is 2.87. The molecule has 0 spiro atoms. The van der Waals surface area contributed by atoms with E-state index in [9.17, 15) is 9.59 Å². The van der Waals surface area contributed by atoms with Gasteiger partial charge in [-0.2, -0.15) is 4.80 Å². The average molecular weight is 413 g/mol. The maximum Gasteiger partial charge on any atom is 0.253 e. The Hall–Kier alpha value is -3.26. The van der Waals surface area contributed by atoms with E-state index in [4.69, 9.17) is 11.6 Å². The smallest absolute Gasteiger partial charge is 0.253 e. The number of carbonyl (C=O) groups excluding carboxylic acids is 2. The Kier molecular flexibility index (Phi) is 6.56. The molecular formula is C20H21ClN6O2. The van der Waals surface area contributed by atoms with E-state index in [-0.39, 0.29) is 18.4 Å². The van der Waals surface area contributed by atoms with Crippen molar-refractivity contribution < 1.29 is 9.59 Å². The number of nitrogens with one attached hydrogen (secondary N) is 1. The van der Waals surface area contributed by atoms with Gasteiger partial charge < -0.3 is 10.2 Å².